The zero-order chi connectivity index (χ0) is 15.3. The summed E-state index contributed by atoms with van der Waals surface area (Å²) in [4.78, 5) is 0. The van der Waals surface area contributed by atoms with Gasteiger partial charge in [-0.2, -0.15) is 0 Å². The molecule has 0 atom stereocenters. The molecule has 0 aliphatic heterocycles. The molecule has 0 heterocycles. The van der Waals surface area contributed by atoms with Crippen LogP contribution in [0.15, 0.2) is 18.2 Å². The van der Waals surface area contributed by atoms with E-state index in [9.17, 15) is 8.78 Å². The first kappa shape index (κ1) is 16.5. The SMILES string of the molecule is Cc1ccc(CCCC(C)(F)F)cc1CC1CCCCC1. The predicted molar refractivity (Wildman–Crippen MR) is 85.0 cm³/mol. The van der Waals surface area contributed by atoms with Crippen LogP contribution in [-0.4, -0.2) is 5.92 Å². The molecule has 0 saturated heterocycles. The van der Waals surface area contributed by atoms with Gasteiger partial charge in [0.1, 0.15) is 0 Å². The molecule has 1 saturated carbocycles. The zero-order valence-corrected chi connectivity index (χ0v) is 13.4. The molecule has 0 bridgehead atoms. The average molecular weight is 294 g/mol. The van der Waals surface area contributed by atoms with Gasteiger partial charge < -0.3 is 0 Å². The van der Waals surface area contributed by atoms with Crippen LogP contribution in [0.3, 0.4) is 0 Å². The van der Waals surface area contributed by atoms with Crippen molar-refractivity contribution in [1.29, 1.82) is 0 Å². The summed E-state index contributed by atoms with van der Waals surface area (Å²) in [7, 11) is 0. The van der Waals surface area contributed by atoms with Crippen LogP contribution in [0.25, 0.3) is 0 Å². The molecule has 1 aliphatic rings. The number of aryl methyl sites for hydroxylation is 2. The molecule has 118 valence electrons. The first-order valence-corrected chi connectivity index (χ1v) is 8.40. The number of hydrogen-bond acceptors (Lipinski definition) is 0. The molecule has 0 spiro atoms. The number of alkyl halides is 2. The van der Waals surface area contributed by atoms with Gasteiger partial charge in [0.05, 0.1) is 0 Å². The Labute approximate surface area is 128 Å². The van der Waals surface area contributed by atoms with Crippen molar-refractivity contribution in [2.45, 2.75) is 77.6 Å². The average Bonchev–Trinajstić information content (AvgIpc) is 2.42. The normalized spacial score (nSPS) is 17.1. The van der Waals surface area contributed by atoms with Crippen molar-refractivity contribution in [3.8, 4) is 0 Å². The fourth-order valence-electron chi connectivity index (χ4n) is 3.41. The van der Waals surface area contributed by atoms with E-state index >= 15 is 0 Å². The van der Waals surface area contributed by atoms with E-state index in [1.54, 1.807) is 0 Å². The Hall–Kier alpha value is -0.920. The Balaban J connectivity index is 1.93. The van der Waals surface area contributed by atoms with E-state index in [-0.39, 0.29) is 6.42 Å². The maximum atomic E-state index is 12.9. The molecular formula is C19H28F2. The van der Waals surface area contributed by atoms with Crippen LogP contribution in [0.2, 0.25) is 0 Å². The van der Waals surface area contributed by atoms with Gasteiger partial charge in [-0.3, -0.25) is 0 Å². The van der Waals surface area contributed by atoms with Gasteiger partial charge in [-0.25, -0.2) is 8.78 Å². The van der Waals surface area contributed by atoms with Crippen molar-refractivity contribution in [2.75, 3.05) is 0 Å². The number of rotatable bonds is 6. The van der Waals surface area contributed by atoms with Gasteiger partial charge >= 0.3 is 0 Å². The van der Waals surface area contributed by atoms with Crippen molar-refractivity contribution >= 4 is 0 Å². The van der Waals surface area contributed by atoms with E-state index in [1.165, 1.54) is 55.2 Å². The molecule has 0 radical (unpaired) electrons. The minimum atomic E-state index is -2.53. The van der Waals surface area contributed by atoms with Crippen molar-refractivity contribution in [2.24, 2.45) is 5.92 Å². The lowest BCUT2D eigenvalue weighted by molar-refractivity contribution is 0.0111. The molecule has 1 aromatic carbocycles. The molecule has 21 heavy (non-hydrogen) atoms. The number of hydrogen-bond donors (Lipinski definition) is 0. The number of benzene rings is 1. The highest BCUT2D eigenvalue weighted by Crippen LogP contribution is 2.28. The smallest absolute Gasteiger partial charge is 0.207 e. The minimum Gasteiger partial charge on any atom is -0.207 e. The first-order valence-electron chi connectivity index (χ1n) is 8.40. The summed E-state index contributed by atoms with van der Waals surface area (Å²) in [5, 5.41) is 0. The lowest BCUT2D eigenvalue weighted by atomic mass is 9.83. The van der Waals surface area contributed by atoms with E-state index in [2.05, 4.69) is 25.1 Å². The van der Waals surface area contributed by atoms with Gasteiger partial charge in [-0.05, 0) is 55.7 Å². The maximum absolute atomic E-state index is 12.9. The van der Waals surface area contributed by atoms with E-state index in [1.807, 2.05) is 0 Å². The molecule has 2 heteroatoms. The third kappa shape index (κ3) is 5.76. The van der Waals surface area contributed by atoms with E-state index in [4.69, 9.17) is 0 Å². The van der Waals surface area contributed by atoms with Gasteiger partial charge in [-0.15, -0.1) is 0 Å². The van der Waals surface area contributed by atoms with Crippen molar-refractivity contribution < 1.29 is 8.78 Å². The van der Waals surface area contributed by atoms with Gasteiger partial charge in [0.25, 0.3) is 0 Å². The molecule has 0 nitrogen and oxygen atoms in total. The zero-order valence-electron chi connectivity index (χ0n) is 13.4. The highest BCUT2D eigenvalue weighted by Gasteiger charge is 2.20. The third-order valence-corrected chi connectivity index (χ3v) is 4.73. The summed E-state index contributed by atoms with van der Waals surface area (Å²) in [6.07, 6.45) is 9.32. The molecule has 2 rings (SSSR count). The molecule has 0 amide bonds. The summed E-state index contributed by atoms with van der Waals surface area (Å²) in [6, 6.07) is 6.53. The molecule has 1 aromatic rings. The van der Waals surface area contributed by atoms with Crippen LogP contribution in [0, 0.1) is 12.8 Å². The Morgan fingerprint density at radius 3 is 2.52 bits per heavy atom. The van der Waals surface area contributed by atoms with Crippen LogP contribution < -0.4 is 0 Å². The van der Waals surface area contributed by atoms with E-state index in [0.717, 1.165) is 19.3 Å². The van der Waals surface area contributed by atoms with E-state index in [0.29, 0.717) is 6.42 Å². The third-order valence-electron chi connectivity index (χ3n) is 4.73. The Bertz CT molecular complexity index is 439. The molecule has 1 aliphatic carbocycles. The molecular weight excluding hydrogens is 266 g/mol. The maximum Gasteiger partial charge on any atom is 0.245 e. The van der Waals surface area contributed by atoms with Gasteiger partial charge in [0, 0.05) is 6.42 Å². The monoisotopic (exact) mass is 294 g/mol. The second kappa shape index (κ2) is 7.38. The van der Waals surface area contributed by atoms with Gasteiger partial charge in [0.2, 0.25) is 5.92 Å². The van der Waals surface area contributed by atoms with Crippen LogP contribution in [0.4, 0.5) is 8.78 Å². The topological polar surface area (TPSA) is 0 Å². The second-order valence-corrected chi connectivity index (χ2v) is 6.89. The highest BCUT2D eigenvalue weighted by molar-refractivity contribution is 5.31. The van der Waals surface area contributed by atoms with Gasteiger partial charge in [-0.1, -0.05) is 50.3 Å². The number of halogens is 2. The van der Waals surface area contributed by atoms with E-state index < -0.39 is 5.92 Å². The fourth-order valence-corrected chi connectivity index (χ4v) is 3.41. The largest absolute Gasteiger partial charge is 0.245 e. The predicted octanol–water partition coefficient (Wildman–Crippen LogP) is 6.10. The second-order valence-electron chi connectivity index (χ2n) is 6.89. The van der Waals surface area contributed by atoms with Gasteiger partial charge in [0.15, 0.2) is 0 Å². The van der Waals surface area contributed by atoms with Crippen LogP contribution in [-0.2, 0) is 12.8 Å². The Kier molecular flexibility index (Phi) is 5.78. The fraction of sp³-hybridized carbons (Fsp3) is 0.684. The lowest BCUT2D eigenvalue weighted by Crippen LogP contribution is -2.11. The summed E-state index contributed by atoms with van der Waals surface area (Å²) in [5.74, 6) is -1.71. The summed E-state index contributed by atoms with van der Waals surface area (Å²) in [5.41, 5.74) is 4.00. The molecule has 0 N–H and O–H groups in total. The quantitative estimate of drug-likeness (QED) is 0.595. The first-order chi connectivity index (χ1) is 9.94. The Morgan fingerprint density at radius 1 is 1.14 bits per heavy atom. The van der Waals surface area contributed by atoms with Crippen LogP contribution >= 0.6 is 0 Å². The summed E-state index contributed by atoms with van der Waals surface area (Å²) in [6.45, 7) is 3.18. The summed E-state index contributed by atoms with van der Waals surface area (Å²) < 4.78 is 25.8. The Morgan fingerprint density at radius 2 is 1.86 bits per heavy atom. The van der Waals surface area contributed by atoms with Crippen molar-refractivity contribution in [1.82, 2.24) is 0 Å². The van der Waals surface area contributed by atoms with Crippen molar-refractivity contribution in [3.63, 3.8) is 0 Å². The summed E-state index contributed by atoms with van der Waals surface area (Å²) >= 11 is 0. The standard InChI is InChI=1S/C19H28F2/c1-15-10-11-17(9-6-12-19(2,20)21)14-18(15)13-16-7-4-3-5-8-16/h10-11,14,16H,3-9,12-13H2,1-2H3. The lowest BCUT2D eigenvalue weighted by Gasteiger charge is -2.22. The van der Waals surface area contributed by atoms with Crippen LogP contribution in [0.1, 0.15) is 68.6 Å². The van der Waals surface area contributed by atoms with Crippen LogP contribution in [0.5, 0.6) is 0 Å². The molecule has 0 unspecified atom stereocenters. The molecule has 1 fully saturated rings. The van der Waals surface area contributed by atoms with Crippen molar-refractivity contribution in [3.05, 3.63) is 34.9 Å². The minimum absolute atomic E-state index is 0.0150. The molecule has 0 aromatic heterocycles. The highest BCUT2D eigenvalue weighted by atomic mass is 19.3.